The Bertz CT molecular complexity index is 576. The second-order valence-electron chi connectivity index (χ2n) is 6.74. The monoisotopic (exact) mass is 338 g/mol. The second-order valence-corrected chi connectivity index (χ2v) is 8.45. The van der Waals surface area contributed by atoms with Crippen LogP contribution in [0, 0.1) is 16.7 Å². The highest BCUT2D eigenvalue weighted by atomic mass is 35.5. The van der Waals surface area contributed by atoms with E-state index in [4.69, 9.17) is 16.3 Å². The molecule has 1 saturated carbocycles. The summed E-state index contributed by atoms with van der Waals surface area (Å²) in [6.07, 6.45) is 5.18. The third-order valence-electron chi connectivity index (χ3n) is 5.08. The van der Waals surface area contributed by atoms with Gasteiger partial charge in [0, 0.05) is 24.1 Å². The van der Waals surface area contributed by atoms with Crippen molar-refractivity contribution in [2.45, 2.75) is 57.0 Å². The predicted molar refractivity (Wildman–Crippen MR) is 90.5 cm³/mol. The highest BCUT2D eigenvalue weighted by Crippen LogP contribution is 2.52. The molecule has 120 valence electrons. The van der Waals surface area contributed by atoms with Crippen molar-refractivity contribution in [1.82, 2.24) is 5.32 Å². The molecule has 0 radical (unpaired) electrons. The summed E-state index contributed by atoms with van der Waals surface area (Å²) in [6, 6.07) is 5.43. The van der Waals surface area contributed by atoms with Crippen molar-refractivity contribution < 1.29 is 4.74 Å². The topological polar surface area (TPSA) is 45.0 Å². The zero-order valence-corrected chi connectivity index (χ0v) is 14.8. The Kier molecular flexibility index (Phi) is 4.80. The van der Waals surface area contributed by atoms with Crippen LogP contribution in [0.2, 0.25) is 4.34 Å². The van der Waals surface area contributed by atoms with Crippen LogP contribution < -0.4 is 5.32 Å². The number of nitrogens with one attached hydrogen (secondary N) is 1. The van der Waals surface area contributed by atoms with Gasteiger partial charge in [0.05, 0.1) is 22.4 Å². The first-order valence-electron chi connectivity index (χ1n) is 8.02. The van der Waals surface area contributed by atoms with Gasteiger partial charge in [0.1, 0.15) is 0 Å². The van der Waals surface area contributed by atoms with E-state index in [1.807, 2.05) is 0 Å². The molecule has 1 aromatic heterocycles. The van der Waals surface area contributed by atoms with Crippen LogP contribution in [-0.4, -0.2) is 25.8 Å². The van der Waals surface area contributed by atoms with Gasteiger partial charge in [-0.3, -0.25) is 0 Å². The lowest BCUT2D eigenvalue weighted by Gasteiger charge is -2.37. The molecule has 0 bridgehead atoms. The molecule has 3 unspecified atom stereocenters. The molecule has 1 saturated heterocycles. The summed E-state index contributed by atoms with van der Waals surface area (Å²) in [5.41, 5.74) is 1.22. The molecule has 1 aromatic rings. The number of ether oxygens (including phenoxy) is 1. The number of halogens is 1. The van der Waals surface area contributed by atoms with Crippen LogP contribution in [-0.2, 0) is 11.2 Å². The van der Waals surface area contributed by atoms with Gasteiger partial charge in [-0.25, -0.2) is 0 Å². The third kappa shape index (κ3) is 3.19. The largest absolute Gasteiger partial charge is 0.384 e. The lowest BCUT2D eigenvalue weighted by molar-refractivity contribution is 0.201. The maximum absolute atomic E-state index is 9.50. The molecule has 3 rings (SSSR count). The van der Waals surface area contributed by atoms with Crippen LogP contribution in [0.25, 0.3) is 0 Å². The van der Waals surface area contributed by atoms with Crippen molar-refractivity contribution >= 4 is 22.9 Å². The number of thiophene rings is 1. The summed E-state index contributed by atoms with van der Waals surface area (Å²) in [4.78, 5) is 1.41. The van der Waals surface area contributed by atoms with Crippen LogP contribution in [0.5, 0.6) is 0 Å². The first-order chi connectivity index (χ1) is 10.6. The fourth-order valence-corrected chi connectivity index (χ4v) is 5.16. The molecule has 1 aliphatic carbocycles. The van der Waals surface area contributed by atoms with Crippen LogP contribution in [0.4, 0.5) is 0 Å². The molecule has 1 aliphatic heterocycles. The van der Waals surface area contributed by atoms with E-state index in [-0.39, 0.29) is 5.41 Å². The minimum Gasteiger partial charge on any atom is -0.384 e. The average molecular weight is 339 g/mol. The molecule has 3 atom stereocenters. The van der Waals surface area contributed by atoms with Gasteiger partial charge < -0.3 is 10.1 Å². The number of piperidine rings is 1. The summed E-state index contributed by atoms with van der Waals surface area (Å²) < 4.78 is 6.09. The first kappa shape index (κ1) is 16.3. The maximum Gasteiger partial charge on any atom is 0.0934 e. The smallest absolute Gasteiger partial charge is 0.0934 e. The fourth-order valence-electron chi connectivity index (χ4n) is 3.72. The van der Waals surface area contributed by atoms with Crippen molar-refractivity contribution in [3.63, 3.8) is 0 Å². The highest BCUT2D eigenvalue weighted by Gasteiger charge is 2.52. The molecule has 5 heteroatoms. The molecule has 3 nitrogen and oxygen atoms in total. The third-order valence-corrected chi connectivity index (χ3v) is 6.55. The molecule has 0 aromatic carbocycles. The minimum absolute atomic E-state index is 0.110. The van der Waals surface area contributed by atoms with E-state index < -0.39 is 0 Å². The number of methoxy groups -OCH3 is 1. The van der Waals surface area contributed by atoms with Crippen molar-refractivity contribution in [3.8, 4) is 6.07 Å². The number of nitrogens with zero attached hydrogens (tertiary/aromatic N) is 1. The number of rotatable bonds is 5. The molecule has 0 spiro atoms. The van der Waals surface area contributed by atoms with E-state index in [1.54, 1.807) is 18.4 Å². The van der Waals surface area contributed by atoms with E-state index >= 15 is 0 Å². The summed E-state index contributed by atoms with van der Waals surface area (Å²) in [6.45, 7) is 2.96. The van der Waals surface area contributed by atoms with E-state index in [9.17, 15) is 5.26 Å². The van der Waals surface area contributed by atoms with Crippen molar-refractivity contribution in [2.75, 3.05) is 13.7 Å². The van der Waals surface area contributed by atoms with Gasteiger partial charge >= 0.3 is 0 Å². The van der Waals surface area contributed by atoms with Crippen LogP contribution in [0.3, 0.4) is 0 Å². The lowest BCUT2D eigenvalue weighted by atomic mass is 9.80. The Labute approximate surface area is 141 Å². The normalized spacial score (nSPS) is 30.0. The Balaban J connectivity index is 1.80. The van der Waals surface area contributed by atoms with Gasteiger partial charge in [-0.2, -0.15) is 5.26 Å². The summed E-state index contributed by atoms with van der Waals surface area (Å²) in [5, 5.41) is 13.2. The minimum atomic E-state index is -0.110. The summed E-state index contributed by atoms with van der Waals surface area (Å²) >= 11 is 7.99. The van der Waals surface area contributed by atoms with E-state index in [2.05, 4.69) is 24.4 Å². The second kappa shape index (κ2) is 6.49. The molecule has 22 heavy (non-hydrogen) atoms. The predicted octanol–water partition coefficient (Wildman–Crippen LogP) is 4.12. The SMILES string of the molecule is COCCc1cc(Cl)sc1C1CC(C)NC(C2(C#N)CC2)C1. The molecule has 2 aliphatic rings. The number of hydrogen-bond donors (Lipinski definition) is 1. The van der Waals surface area contributed by atoms with Gasteiger partial charge in [0.25, 0.3) is 0 Å². The Morgan fingerprint density at radius 1 is 1.50 bits per heavy atom. The number of nitriles is 1. The van der Waals surface area contributed by atoms with E-state index in [1.165, 1.54) is 10.4 Å². The first-order valence-corrected chi connectivity index (χ1v) is 9.22. The molecule has 2 heterocycles. The summed E-state index contributed by atoms with van der Waals surface area (Å²) in [5.74, 6) is 0.511. The lowest BCUT2D eigenvalue weighted by Crippen LogP contribution is -2.47. The van der Waals surface area contributed by atoms with E-state index in [0.717, 1.165) is 43.0 Å². The van der Waals surface area contributed by atoms with Gasteiger partial charge in [0.15, 0.2) is 0 Å². The molecule has 0 amide bonds. The Hall–Kier alpha value is -0.600. The average Bonchev–Trinajstić information content (AvgIpc) is 3.22. The van der Waals surface area contributed by atoms with E-state index in [0.29, 0.717) is 18.0 Å². The highest BCUT2D eigenvalue weighted by molar-refractivity contribution is 7.16. The zero-order valence-electron chi connectivity index (χ0n) is 13.2. The van der Waals surface area contributed by atoms with Gasteiger partial charge in [-0.15, -0.1) is 11.3 Å². The van der Waals surface area contributed by atoms with Gasteiger partial charge in [0.2, 0.25) is 0 Å². The quantitative estimate of drug-likeness (QED) is 0.878. The molecular weight excluding hydrogens is 316 g/mol. The summed E-state index contributed by atoms with van der Waals surface area (Å²) in [7, 11) is 1.74. The molecule has 2 fully saturated rings. The Morgan fingerprint density at radius 2 is 2.27 bits per heavy atom. The van der Waals surface area contributed by atoms with Crippen LogP contribution in [0.1, 0.15) is 49.0 Å². The molecular formula is C17H23ClN2OS. The van der Waals surface area contributed by atoms with Crippen LogP contribution >= 0.6 is 22.9 Å². The van der Waals surface area contributed by atoms with Crippen LogP contribution in [0.15, 0.2) is 6.07 Å². The fraction of sp³-hybridized carbons (Fsp3) is 0.706. The van der Waals surface area contributed by atoms with Crippen molar-refractivity contribution in [1.29, 1.82) is 5.26 Å². The van der Waals surface area contributed by atoms with Gasteiger partial charge in [-0.1, -0.05) is 11.6 Å². The van der Waals surface area contributed by atoms with Crippen molar-refractivity contribution in [2.24, 2.45) is 5.41 Å². The molecule has 1 N–H and O–H groups in total. The standard InChI is InChI=1S/C17H23ClN2OS/c1-11-7-13(8-14(20-11)17(10-19)4-5-17)16-12(3-6-21-2)9-15(18)22-16/h9,11,13-14,20H,3-8H2,1-2H3. The maximum atomic E-state index is 9.50. The zero-order chi connectivity index (χ0) is 15.7. The number of hydrogen-bond acceptors (Lipinski definition) is 4. The van der Waals surface area contributed by atoms with Gasteiger partial charge in [-0.05, 0) is 56.6 Å². The Morgan fingerprint density at radius 3 is 2.91 bits per heavy atom. The van der Waals surface area contributed by atoms with Crippen molar-refractivity contribution in [3.05, 3.63) is 20.8 Å².